The minimum Gasteiger partial charge on any atom is -0.481 e. The molecule has 492 valence electrons. The highest BCUT2D eigenvalue weighted by Crippen LogP contribution is 2.38. The van der Waals surface area contributed by atoms with Gasteiger partial charge in [0.1, 0.15) is 22.8 Å². The molecule has 0 aliphatic carbocycles. The smallest absolute Gasteiger partial charge is 0.410 e. The number of carbonyl (C=O) groups excluding carboxylic acids is 4. The fraction of sp³-hybridized carbons (Fsp3) is 0.594. The molecule has 0 aromatic heterocycles. The molecule has 0 fully saturated rings. The van der Waals surface area contributed by atoms with Gasteiger partial charge in [-0.1, -0.05) is 82.8 Å². The van der Waals surface area contributed by atoms with Gasteiger partial charge in [0, 0.05) is 84.7 Å². The maximum Gasteiger partial charge on any atom is 0.410 e. The molecular formula is C64H91BrCl3N3O14S3. The van der Waals surface area contributed by atoms with E-state index in [1.807, 2.05) is 91.4 Å². The first-order valence-corrected chi connectivity index (χ1v) is 35.1. The molecule has 6 rings (SSSR count). The van der Waals surface area contributed by atoms with Gasteiger partial charge in [0.15, 0.2) is 0 Å². The Morgan fingerprint density at radius 3 is 1.12 bits per heavy atom. The predicted octanol–water partition coefficient (Wildman–Crippen LogP) is 15.2. The molecule has 0 bridgehead atoms. The van der Waals surface area contributed by atoms with Gasteiger partial charge in [-0.2, -0.15) is 0 Å². The first kappa shape index (κ1) is 79.9. The van der Waals surface area contributed by atoms with Crippen LogP contribution in [0.1, 0.15) is 166 Å². The molecule has 3 heterocycles. The number of carboxylic acid groups (broad SMARTS) is 4. The van der Waals surface area contributed by atoms with E-state index >= 15 is 0 Å². The van der Waals surface area contributed by atoms with Crippen LogP contribution in [0.3, 0.4) is 0 Å². The van der Waals surface area contributed by atoms with E-state index in [1.165, 1.54) is 38.3 Å². The van der Waals surface area contributed by atoms with Crippen molar-refractivity contribution in [3.63, 3.8) is 0 Å². The molecule has 3 aliphatic rings. The van der Waals surface area contributed by atoms with Gasteiger partial charge in [-0.15, -0.1) is 35.3 Å². The summed E-state index contributed by atoms with van der Waals surface area (Å²) >= 11 is 27.5. The van der Waals surface area contributed by atoms with E-state index in [9.17, 15) is 38.4 Å². The molecule has 0 unspecified atom stereocenters. The second kappa shape index (κ2) is 42.8. The number of fused-ring (bicyclic) bond motifs is 3. The van der Waals surface area contributed by atoms with Crippen LogP contribution in [-0.4, -0.2) is 151 Å². The molecule has 17 nitrogen and oxygen atoms in total. The number of Topliss-reactive ketones (excluding diaryl/α,β-unsaturated/α-hetero) is 2. The second-order valence-electron chi connectivity index (χ2n) is 22.7. The fourth-order valence-corrected chi connectivity index (χ4v) is 13.4. The number of carboxylic acids is 4. The number of carbonyl (C=O) groups is 8. The molecule has 3 aromatic carbocycles. The summed E-state index contributed by atoms with van der Waals surface area (Å²) in [6.45, 7) is 19.6. The van der Waals surface area contributed by atoms with Crippen molar-refractivity contribution in [2.45, 2.75) is 197 Å². The lowest BCUT2D eigenvalue weighted by Crippen LogP contribution is -2.38. The van der Waals surface area contributed by atoms with Crippen molar-refractivity contribution in [1.82, 2.24) is 15.1 Å². The van der Waals surface area contributed by atoms with Gasteiger partial charge in [-0.25, -0.2) is 9.59 Å². The lowest BCUT2D eigenvalue weighted by Gasteiger charge is -2.26. The number of nitrogens with one attached hydrogen (secondary N) is 1. The van der Waals surface area contributed by atoms with E-state index in [0.29, 0.717) is 80.6 Å². The van der Waals surface area contributed by atoms with Crippen LogP contribution in [0.2, 0.25) is 15.1 Å². The minimum atomic E-state index is -1.08. The number of alkyl halides is 1. The molecule has 3 aliphatic heterocycles. The Bertz CT molecular complexity index is 2750. The van der Waals surface area contributed by atoms with Crippen LogP contribution in [0.25, 0.3) is 0 Å². The SMILES string of the molecule is CC(C)(C)OC(=O)N1CCc2ccc(Cl)c(SCCCC(=O)O)c2CC1.CCC(=O)CCCSc1c(Cl)ccc2c1CCN(C(=O)OC(C)(C)C)CC2.CCC(=O)CCCSc1c(Cl)ccc2c1CCNCC2.O=C(O)CCC(=O)O.O=C(O)CCCBr. The largest absolute Gasteiger partial charge is 0.481 e. The number of ether oxygens (including phenoxy) is 2. The number of rotatable bonds is 23. The monoisotopic (exact) mass is 1410 g/mol. The lowest BCUT2D eigenvalue weighted by atomic mass is 10.0. The Labute approximate surface area is 556 Å². The molecule has 24 heteroatoms. The van der Waals surface area contributed by atoms with E-state index in [-0.39, 0.29) is 37.9 Å². The number of thioether (sulfide) groups is 3. The summed E-state index contributed by atoms with van der Waals surface area (Å²) in [6, 6.07) is 12.1. The highest BCUT2D eigenvalue weighted by Gasteiger charge is 2.28. The van der Waals surface area contributed by atoms with E-state index in [2.05, 4.69) is 33.4 Å². The van der Waals surface area contributed by atoms with Gasteiger partial charge < -0.3 is 45.0 Å². The summed E-state index contributed by atoms with van der Waals surface area (Å²) in [4.78, 5) is 94.2. The van der Waals surface area contributed by atoms with Crippen molar-refractivity contribution in [3.05, 3.63) is 84.8 Å². The molecule has 5 N–H and O–H groups in total. The highest BCUT2D eigenvalue weighted by molar-refractivity contribution is 9.09. The summed E-state index contributed by atoms with van der Waals surface area (Å²) in [5, 5.41) is 39.1. The summed E-state index contributed by atoms with van der Waals surface area (Å²) < 4.78 is 11.0. The van der Waals surface area contributed by atoms with Crippen LogP contribution in [0.4, 0.5) is 9.59 Å². The number of benzene rings is 3. The fourth-order valence-electron chi connectivity index (χ4n) is 8.79. The third-order valence-electron chi connectivity index (χ3n) is 13.3. The van der Waals surface area contributed by atoms with Gasteiger partial charge in [-0.05, 0) is 188 Å². The van der Waals surface area contributed by atoms with Crippen LogP contribution in [-0.2, 0) is 76.8 Å². The molecule has 0 saturated carbocycles. The highest BCUT2D eigenvalue weighted by atomic mass is 79.9. The third kappa shape index (κ3) is 33.2. The average molecular weight is 1410 g/mol. The maximum atomic E-state index is 12.4. The number of ketones is 2. The van der Waals surface area contributed by atoms with E-state index in [1.54, 1.807) is 33.3 Å². The normalized spacial score (nSPS) is 13.5. The molecular weight excluding hydrogens is 1320 g/mol. The maximum absolute atomic E-state index is 12.4. The summed E-state index contributed by atoms with van der Waals surface area (Å²) in [5.74, 6) is -0.448. The molecule has 0 spiro atoms. The molecule has 0 saturated heterocycles. The number of halogens is 4. The topological polar surface area (TPSA) is 254 Å². The summed E-state index contributed by atoms with van der Waals surface area (Å²) in [7, 11) is 0. The Morgan fingerprint density at radius 2 is 0.795 bits per heavy atom. The first-order chi connectivity index (χ1) is 41.5. The number of hydrogen-bond acceptors (Lipinski definition) is 14. The number of nitrogens with zero attached hydrogens (tertiary/aromatic N) is 2. The Balaban J connectivity index is 0.000000405. The molecule has 88 heavy (non-hydrogen) atoms. The van der Waals surface area contributed by atoms with Crippen molar-refractivity contribution in [3.8, 4) is 0 Å². The average Bonchev–Trinajstić information content (AvgIpc) is 3.28. The van der Waals surface area contributed by atoms with E-state index < -0.39 is 35.1 Å². The van der Waals surface area contributed by atoms with Gasteiger partial charge >= 0.3 is 36.1 Å². The minimum absolute atomic E-state index is 0.159. The first-order valence-electron chi connectivity index (χ1n) is 29.9. The zero-order valence-corrected chi connectivity index (χ0v) is 58.6. The van der Waals surface area contributed by atoms with Crippen molar-refractivity contribution in [2.24, 2.45) is 0 Å². The quantitative estimate of drug-likeness (QED) is 0.0336. The Kier molecular flexibility index (Phi) is 38.8. The van der Waals surface area contributed by atoms with E-state index in [0.717, 1.165) is 108 Å². The van der Waals surface area contributed by atoms with E-state index in [4.69, 9.17) is 64.7 Å². The van der Waals surface area contributed by atoms with Crippen LogP contribution >= 0.6 is 86.0 Å². The van der Waals surface area contributed by atoms with Crippen molar-refractivity contribution in [2.75, 3.05) is 61.9 Å². The summed E-state index contributed by atoms with van der Waals surface area (Å²) in [6.07, 6.45) is 10.2. The standard InChI is InChI=1S/C21H30ClNO3S.C19H26ClNO4S.C16H22ClNOS.C4H7BrO2.C4H6O4/c1-5-16(24)7-6-14-27-19-17-11-13-23(20(25)26-21(2,3)4)12-10-15(17)8-9-18(19)22;1-19(2,3)25-18(24)21-10-8-13-6-7-15(20)17(14(13)9-11-21)26-12-4-5-16(22)23;1-2-13(19)4-3-11-20-16-14-8-10-18-9-7-12(14)5-6-15(16)17;5-3-1-2-4(6)7;5-3(6)1-2-4(7)8/h8-9H,5-7,10-14H2,1-4H3;6-7H,4-5,8-12H2,1-3H3,(H,22,23);5-6,18H,2-4,7-11H2,1H3;1-3H2,(H,6,7);1-2H2,(H,5,6)(H,7,8). The van der Waals surface area contributed by atoms with Crippen molar-refractivity contribution >= 4 is 134 Å². The van der Waals surface area contributed by atoms with Crippen molar-refractivity contribution in [1.29, 1.82) is 0 Å². The van der Waals surface area contributed by atoms with Crippen LogP contribution < -0.4 is 5.32 Å². The zero-order valence-electron chi connectivity index (χ0n) is 52.3. The predicted molar refractivity (Wildman–Crippen MR) is 358 cm³/mol. The number of aliphatic carboxylic acids is 4. The molecule has 3 aromatic rings. The van der Waals surface area contributed by atoms with Gasteiger partial charge in [0.2, 0.25) is 0 Å². The molecule has 2 amide bonds. The molecule has 0 radical (unpaired) electrons. The molecule has 0 atom stereocenters. The Hall–Kier alpha value is -4.22. The third-order valence-corrected chi connectivity index (χ3v) is 18.8. The zero-order chi connectivity index (χ0) is 66.0. The van der Waals surface area contributed by atoms with Gasteiger partial charge in [-0.3, -0.25) is 28.8 Å². The van der Waals surface area contributed by atoms with Gasteiger partial charge in [0.25, 0.3) is 0 Å². The van der Waals surface area contributed by atoms with Gasteiger partial charge in [0.05, 0.1) is 27.9 Å². The second-order valence-corrected chi connectivity index (χ2v) is 28.1. The van der Waals surface area contributed by atoms with Crippen LogP contribution in [0.5, 0.6) is 0 Å². The summed E-state index contributed by atoms with van der Waals surface area (Å²) in [5.41, 5.74) is 6.69. The lowest BCUT2D eigenvalue weighted by molar-refractivity contribution is -0.143. The number of hydrogen-bond donors (Lipinski definition) is 5. The van der Waals surface area contributed by atoms with Crippen LogP contribution in [0, 0.1) is 0 Å². The van der Waals surface area contributed by atoms with Crippen LogP contribution in [0.15, 0.2) is 51.1 Å². The van der Waals surface area contributed by atoms with Crippen molar-refractivity contribution < 1.29 is 68.3 Å². The Morgan fingerprint density at radius 1 is 0.477 bits per heavy atom. The number of amides is 2.